The maximum absolute atomic E-state index is 12.0. The number of carbonyl (C=O) groups excluding carboxylic acids is 1. The minimum absolute atomic E-state index is 0. The number of ether oxygens (including phenoxy) is 2. The van der Waals surface area contributed by atoms with Gasteiger partial charge in [0.05, 0.1) is 0 Å². The summed E-state index contributed by atoms with van der Waals surface area (Å²) in [4.78, 5) is 11.5. The monoisotopic (exact) mass is 403 g/mol. The Kier molecular flexibility index (Phi) is 9.11. The van der Waals surface area contributed by atoms with Crippen LogP contribution in [0.4, 0.5) is 13.2 Å². The number of hydrogen-bond acceptors (Lipinski definition) is 4. The molecule has 0 amide bonds. The van der Waals surface area contributed by atoms with Crippen molar-refractivity contribution in [1.82, 2.24) is 0 Å². The number of rotatable bonds is 8. The SMILES string of the molecule is Cl.N[C@@H](CCc1cccc(OCc2ccccc2)c1)C(=O)OCC(F)(F)F. The third kappa shape index (κ3) is 8.79. The van der Waals surface area contributed by atoms with Crippen LogP contribution in [0.15, 0.2) is 54.6 Å². The van der Waals surface area contributed by atoms with Crippen molar-refractivity contribution in [2.24, 2.45) is 5.73 Å². The number of nitrogens with two attached hydrogens (primary N) is 1. The molecule has 2 N–H and O–H groups in total. The van der Waals surface area contributed by atoms with E-state index in [4.69, 9.17) is 10.5 Å². The Morgan fingerprint density at radius 3 is 2.37 bits per heavy atom. The molecule has 0 aromatic heterocycles. The predicted octanol–water partition coefficient (Wildman–Crippen LogP) is 4.05. The normalized spacial score (nSPS) is 12.0. The zero-order valence-corrected chi connectivity index (χ0v) is 15.3. The van der Waals surface area contributed by atoms with Crippen molar-refractivity contribution in [2.75, 3.05) is 6.61 Å². The maximum Gasteiger partial charge on any atom is 0.422 e. The fraction of sp³-hybridized carbons (Fsp3) is 0.316. The molecule has 8 heteroatoms. The second-order valence-corrected chi connectivity index (χ2v) is 5.79. The standard InChI is InChI=1S/C19H20F3NO3.ClH/c20-19(21,22)13-26-18(24)17(23)10-9-14-7-4-8-16(11-14)25-12-15-5-2-1-3-6-15;/h1-8,11,17H,9-10,12-13,23H2;1H/t17-;/m0./s1. The van der Waals surface area contributed by atoms with E-state index in [0.717, 1.165) is 11.1 Å². The Bertz CT molecular complexity index is 711. The molecule has 0 heterocycles. The van der Waals surface area contributed by atoms with Crippen LogP contribution < -0.4 is 10.5 Å². The molecule has 0 fully saturated rings. The second kappa shape index (κ2) is 10.8. The fourth-order valence-corrected chi connectivity index (χ4v) is 2.23. The van der Waals surface area contributed by atoms with E-state index in [0.29, 0.717) is 18.8 Å². The van der Waals surface area contributed by atoms with Gasteiger partial charge < -0.3 is 15.2 Å². The number of esters is 1. The van der Waals surface area contributed by atoms with E-state index >= 15 is 0 Å². The van der Waals surface area contributed by atoms with Crippen molar-refractivity contribution in [1.29, 1.82) is 0 Å². The highest BCUT2D eigenvalue weighted by molar-refractivity contribution is 5.85. The van der Waals surface area contributed by atoms with Crippen LogP contribution in [0.3, 0.4) is 0 Å². The lowest BCUT2D eigenvalue weighted by Gasteiger charge is -2.13. The molecule has 0 radical (unpaired) electrons. The number of carbonyl (C=O) groups is 1. The lowest BCUT2D eigenvalue weighted by molar-refractivity contribution is -0.187. The largest absolute Gasteiger partial charge is 0.489 e. The molecule has 0 bridgehead atoms. The summed E-state index contributed by atoms with van der Waals surface area (Å²) in [6.45, 7) is -1.20. The van der Waals surface area contributed by atoms with Crippen molar-refractivity contribution >= 4 is 18.4 Å². The number of halogens is 4. The van der Waals surface area contributed by atoms with Gasteiger partial charge in [-0.15, -0.1) is 12.4 Å². The van der Waals surface area contributed by atoms with Gasteiger partial charge in [-0.05, 0) is 36.1 Å². The van der Waals surface area contributed by atoms with Gasteiger partial charge in [0.25, 0.3) is 0 Å². The first-order valence-electron chi connectivity index (χ1n) is 8.08. The van der Waals surface area contributed by atoms with Crippen LogP contribution in [0.25, 0.3) is 0 Å². The Hall–Kier alpha value is -2.25. The van der Waals surface area contributed by atoms with E-state index in [-0.39, 0.29) is 18.8 Å². The van der Waals surface area contributed by atoms with E-state index in [2.05, 4.69) is 4.74 Å². The minimum Gasteiger partial charge on any atom is -0.489 e. The molecular weight excluding hydrogens is 383 g/mol. The molecule has 0 aliphatic rings. The Morgan fingerprint density at radius 2 is 1.70 bits per heavy atom. The first-order valence-corrected chi connectivity index (χ1v) is 8.08. The van der Waals surface area contributed by atoms with E-state index in [9.17, 15) is 18.0 Å². The van der Waals surface area contributed by atoms with Gasteiger partial charge in [-0.25, -0.2) is 0 Å². The smallest absolute Gasteiger partial charge is 0.422 e. The molecule has 0 unspecified atom stereocenters. The van der Waals surface area contributed by atoms with Gasteiger partial charge in [0.15, 0.2) is 6.61 Å². The van der Waals surface area contributed by atoms with Crippen LogP contribution in [0.5, 0.6) is 5.75 Å². The lowest BCUT2D eigenvalue weighted by Crippen LogP contribution is -2.35. The van der Waals surface area contributed by atoms with E-state index in [1.54, 1.807) is 0 Å². The van der Waals surface area contributed by atoms with Crippen molar-refractivity contribution in [3.8, 4) is 5.75 Å². The first-order chi connectivity index (χ1) is 12.3. The van der Waals surface area contributed by atoms with Gasteiger partial charge in [-0.1, -0.05) is 42.5 Å². The van der Waals surface area contributed by atoms with Crippen molar-refractivity contribution < 1.29 is 27.4 Å². The quantitative estimate of drug-likeness (QED) is 0.675. The third-order valence-corrected chi connectivity index (χ3v) is 3.57. The number of benzene rings is 2. The summed E-state index contributed by atoms with van der Waals surface area (Å²) in [6.07, 6.45) is -3.95. The first kappa shape index (κ1) is 22.8. The summed E-state index contributed by atoms with van der Waals surface area (Å²) in [5.74, 6) is -0.390. The summed E-state index contributed by atoms with van der Waals surface area (Å²) in [5.41, 5.74) is 7.50. The molecule has 4 nitrogen and oxygen atoms in total. The van der Waals surface area contributed by atoms with E-state index in [1.165, 1.54) is 0 Å². The highest BCUT2D eigenvalue weighted by atomic mass is 35.5. The molecule has 0 aliphatic heterocycles. The van der Waals surface area contributed by atoms with Crippen molar-refractivity contribution in [3.05, 3.63) is 65.7 Å². The van der Waals surface area contributed by atoms with Gasteiger partial charge >= 0.3 is 12.1 Å². The van der Waals surface area contributed by atoms with Crippen LogP contribution in [-0.2, 0) is 22.6 Å². The maximum atomic E-state index is 12.0. The van der Waals surface area contributed by atoms with Crippen molar-refractivity contribution in [3.63, 3.8) is 0 Å². The van der Waals surface area contributed by atoms with Crippen LogP contribution in [0.2, 0.25) is 0 Å². The van der Waals surface area contributed by atoms with Crippen LogP contribution in [0.1, 0.15) is 17.5 Å². The summed E-state index contributed by atoms with van der Waals surface area (Å²) >= 11 is 0. The van der Waals surface area contributed by atoms with Crippen LogP contribution >= 0.6 is 12.4 Å². The molecule has 2 rings (SSSR count). The average molecular weight is 404 g/mol. The van der Waals surface area contributed by atoms with Gasteiger partial charge in [-0.2, -0.15) is 13.2 Å². The van der Waals surface area contributed by atoms with E-state index < -0.39 is 24.8 Å². The third-order valence-electron chi connectivity index (χ3n) is 3.57. The van der Waals surface area contributed by atoms with E-state index in [1.807, 2.05) is 54.6 Å². The lowest BCUT2D eigenvalue weighted by atomic mass is 10.1. The zero-order valence-electron chi connectivity index (χ0n) is 14.4. The molecule has 0 aliphatic carbocycles. The minimum atomic E-state index is -4.56. The molecule has 2 aromatic carbocycles. The van der Waals surface area contributed by atoms with Crippen molar-refractivity contribution in [2.45, 2.75) is 31.7 Å². The second-order valence-electron chi connectivity index (χ2n) is 5.79. The number of hydrogen-bond donors (Lipinski definition) is 1. The summed E-state index contributed by atoms with van der Waals surface area (Å²) in [5, 5.41) is 0. The summed E-state index contributed by atoms with van der Waals surface area (Å²) < 4.78 is 46.0. The highest BCUT2D eigenvalue weighted by Crippen LogP contribution is 2.18. The highest BCUT2D eigenvalue weighted by Gasteiger charge is 2.30. The summed E-state index contributed by atoms with van der Waals surface area (Å²) in [6, 6.07) is 15.8. The Balaban J connectivity index is 0.00000364. The molecule has 27 heavy (non-hydrogen) atoms. The van der Waals surface area contributed by atoms with Crippen LogP contribution in [0, 0.1) is 0 Å². The average Bonchev–Trinajstić information content (AvgIpc) is 2.63. The molecule has 148 valence electrons. The Labute approximate surface area is 161 Å². The molecule has 1 atom stereocenters. The van der Waals surface area contributed by atoms with Gasteiger partial charge in [0.2, 0.25) is 0 Å². The van der Waals surface area contributed by atoms with Crippen LogP contribution in [-0.4, -0.2) is 24.8 Å². The molecule has 0 spiro atoms. The topological polar surface area (TPSA) is 61.5 Å². The number of alkyl halides is 3. The van der Waals surface area contributed by atoms with Gasteiger partial charge in [0.1, 0.15) is 18.4 Å². The Morgan fingerprint density at radius 1 is 1.04 bits per heavy atom. The number of aryl methyl sites for hydroxylation is 1. The predicted molar refractivity (Wildman–Crippen MR) is 97.8 cm³/mol. The molecular formula is C19H21ClF3NO3. The molecule has 0 saturated heterocycles. The van der Waals surface area contributed by atoms with Gasteiger partial charge in [-0.3, -0.25) is 4.79 Å². The zero-order chi connectivity index (χ0) is 19.0. The molecule has 0 saturated carbocycles. The summed E-state index contributed by atoms with van der Waals surface area (Å²) in [7, 11) is 0. The molecule has 2 aromatic rings. The fourth-order valence-electron chi connectivity index (χ4n) is 2.23. The van der Waals surface area contributed by atoms with Gasteiger partial charge in [0, 0.05) is 0 Å².